The van der Waals surface area contributed by atoms with Crippen molar-refractivity contribution >= 4 is 16.0 Å². The van der Waals surface area contributed by atoms with Crippen LogP contribution in [0, 0.1) is 0 Å². The lowest BCUT2D eigenvalue weighted by Crippen LogP contribution is -2.32. The largest absolute Gasteiger partial charge is 0.486 e. The van der Waals surface area contributed by atoms with Gasteiger partial charge in [0.25, 0.3) is 0 Å². The fourth-order valence-corrected chi connectivity index (χ4v) is 5.15. The zero-order chi connectivity index (χ0) is 19.2. The molecule has 144 valence electrons. The summed E-state index contributed by atoms with van der Waals surface area (Å²) in [4.78, 5) is 11.5. The molecular weight excluding hydrogens is 376 g/mol. The number of hydrogen-bond acceptors (Lipinski definition) is 7. The Morgan fingerprint density at radius 2 is 2.07 bits per heavy atom. The number of carboxylic acids is 1. The molecule has 1 saturated heterocycles. The molecule has 3 heterocycles. The molecule has 27 heavy (non-hydrogen) atoms. The number of aromatic nitrogens is 3. The van der Waals surface area contributed by atoms with Crippen molar-refractivity contribution in [2.24, 2.45) is 7.05 Å². The molecule has 1 fully saturated rings. The maximum absolute atomic E-state index is 13.3. The average molecular weight is 394 g/mol. The van der Waals surface area contributed by atoms with E-state index in [-0.39, 0.29) is 35.2 Å². The molecule has 0 amide bonds. The zero-order valence-electron chi connectivity index (χ0n) is 14.5. The number of ether oxygens (including phenoxy) is 2. The SMILES string of the molecule is Cn1cnnc1C1CCCN1S(=O)(=O)c1cc2c(c(C(=O)O)c1)OCCO2. The van der Waals surface area contributed by atoms with Gasteiger partial charge in [0, 0.05) is 19.7 Å². The van der Waals surface area contributed by atoms with E-state index in [2.05, 4.69) is 10.2 Å². The Morgan fingerprint density at radius 1 is 1.30 bits per heavy atom. The van der Waals surface area contributed by atoms with Crippen molar-refractivity contribution in [3.63, 3.8) is 0 Å². The molecule has 1 unspecified atom stereocenters. The molecule has 1 aromatic heterocycles. The van der Waals surface area contributed by atoms with Gasteiger partial charge in [-0.25, -0.2) is 13.2 Å². The molecule has 2 aliphatic rings. The molecule has 4 rings (SSSR count). The van der Waals surface area contributed by atoms with Crippen molar-refractivity contribution in [2.75, 3.05) is 19.8 Å². The van der Waals surface area contributed by atoms with E-state index in [1.165, 1.54) is 16.7 Å². The quantitative estimate of drug-likeness (QED) is 0.808. The first-order chi connectivity index (χ1) is 12.9. The van der Waals surface area contributed by atoms with Gasteiger partial charge < -0.3 is 19.1 Å². The monoisotopic (exact) mass is 394 g/mol. The summed E-state index contributed by atoms with van der Waals surface area (Å²) in [5, 5.41) is 17.3. The molecule has 1 atom stereocenters. The van der Waals surface area contributed by atoms with Crippen LogP contribution in [0.15, 0.2) is 23.4 Å². The Hall–Kier alpha value is -2.66. The maximum Gasteiger partial charge on any atom is 0.339 e. The number of rotatable bonds is 4. The van der Waals surface area contributed by atoms with Gasteiger partial charge in [-0.05, 0) is 18.9 Å². The third kappa shape index (κ3) is 2.92. The second-order valence-corrected chi connectivity index (χ2v) is 8.26. The molecule has 0 bridgehead atoms. The molecule has 1 N–H and O–H groups in total. The number of carboxylic acid groups (broad SMARTS) is 1. The fraction of sp³-hybridized carbons (Fsp3) is 0.438. The van der Waals surface area contributed by atoms with Gasteiger partial charge in [0.1, 0.15) is 25.1 Å². The first-order valence-electron chi connectivity index (χ1n) is 8.42. The summed E-state index contributed by atoms with van der Waals surface area (Å²) in [7, 11) is -2.21. The molecule has 0 saturated carbocycles. The van der Waals surface area contributed by atoms with E-state index in [9.17, 15) is 18.3 Å². The molecule has 0 radical (unpaired) electrons. The number of aryl methyl sites for hydroxylation is 1. The van der Waals surface area contributed by atoms with Crippen LogP contribution in [-0.2, 0) is 17.1 Å². The summed E-state index contributed by atoms with van der Waals surface area (Å²) in [6.45, 7) is 0.747. The summed E-state index contributed by atoms with van der Waals surface area (Å²) in [5.41, 5.74) is -0.236. The zero-order valence-corrected chi connectivity index (χ0v) is 15.3. The first-order valence-corrected chi connectivity index (χ1v) is 9.86. The predicted octanol–water partition coefficient (Wildman–Crippen LogP) is 0.810. The molecule has 11 heteroatoms. The smallest absolute Gasteiger partial charge is 0.339 e. The van der Waals surface area contributed by atoms with Crippen LogP contribution in [0.2, 0.25) is 0 Å². The summed E-state index contributed by atoms with van der Waals surface area (Å²) < 4.78 is 40.4. The number of aromatic carboxylic acids is 1. The lowest BCUT2D eigenvalue weighted by Gasteiger charge is -2.25. The highest BCUT2D eigenvalue weighted by Gasteiger charge is 2.39. The number of carbonyl (C=O) groups is 1. The van der Waals surface area contributed by atoms with Crippen LogP contribution in [0.4, 0.5) is 0 Å². The van der Waals surface area contributed by atoms with E-state index >= 15 is 0 Å². The van der Waals surface area contributed by atoms with Crippen LogP contribution in [0.1, 0.15) is 35.1 Å². The highest BCUT2D eigenvalue weighted by Crippen LogP contribution is 2.40. The minimum absolute atomic E-state index is 0.0546. The standard InChI is InChI=1S/C16H18N4O6S/c1-19-9-17-18-15(19)12-3-2-4-20(12)27(23,24)10-7-11(16(21)22)14-13(8-10)25-5-6-26-14/h7-9,12H,2-6H2,1H3,(H,21,22). The number of sulfonamides is 1. The minimum Gasteiger partial charge on any atom is -0.486 e. The highest BCUT2D eigenvalue weighted by atomic mass is 32.2. The normalized spacial score (nSPS) is 20.0. The van der Waals surface area contributed by atoms with Gasteiger partial charge >= 0.3 is 5.97 Å². The van der Waals surface area contributed by atoms with E-state index in [4.69, 9.17) is 9.47 Å². The van der Waals surface area contributed by atoms with Crippen LogP contribution in [0.25, 0.3) is 0 Å². The topological polar surface area (TPSA) is 124 Å². The van der Waals surface area contributed by atoms with Crippen LogP contribution in [-0.4, -0.2) is 58.3 Å². The van der Waals surface area contributed by atoms with Crippen LogP contribution in [0.3, 0.4) is 0 Å². The Bertz CT molecular complexity index is 1000. The van der Waals surface area contributed by atoms with Crippen molar-refractivity contribution in [2.45, 2.75) is 23.8 Å². The molecule has 1 aromatic carbocycles. The first kappa shape index (κ1) is 17.7. The van der Waals surface area contributed by atoms with Crippen molar-refractivity contribution < 1.29 is 27.8 Å². The van der Waals surface area contributed by atoms with Crippen LogP contribution >= 0.6 is 0 Å². The van der Waals surface area contributed by atoms with E-state index in [1.807, 2.05) is 0 Å². The minimum atomic E-state index is -3.97. The maximum atomic E-state index is 13.3. The molecule has 2 aromatic rings. The number of fused-ring (bicyclic) bond motifs is 1. The van der Waals surface area contributed by atoms with Crippen molar-refractivity contribution in [1.29, 1.82) is 0 Å². The predicted molar refractivity (Wildman–Crippen MR) is 91.3 cm³/mol. The summed E-state index contributed by atoms with van der Waals surface area (Å²) >= 11 is 0. The number of benzene rings is 1. The lowest BCUT2D eigenvalue weighted by molar-refractivity contribution is 0.0685. The van der Waals surface area contributed by atoms with Crippen molar-refractivity contribution in [1.82, 2.24) is 19.1 Å². The Balaban J connectivity index is 1.79. The third-order valence-corrected chi connectivity index (χ3v) is 6.59. The fourth-order valence-electron chi connectivity index (χ4n) is 3.45. The second-order valence-electron chi connectivity index (χ2n) is 6.37. The summed E-state index contributed by atoms with van der Waals surface area (Å²) in [5.74, 6) is -0.555. The molecule has 0 aliphatic carbocycles. The van der Waals surface area contributed by atoms with Gasteiger partial charge in [-0.2, -0.15) is 4.31 Å². The number of nitrogens with zero attached hydrogens (tertiary/aromatic N) is 4. The Labute approximate surface area is 155 Å². The van der Waals surface area contributed by atoms with Crippen LogP contribution < -0.4 is 9.47 Å². The number of hydrogen-bond donors (Lipinski definition) is 1. The highest BCUT2D eigenvalue weighted by molar-refractivity contribution is 7.89. The molecule has 0 spiro atoms. The van der Waals surface area contributed by atoms with E-state index in [0.29, 0.717) is 25.2 Å². The van der Waals surface area contributed by atoms with Gasteiger partial charge in [0.15, 0.2) is 17.3 Å². The Kier molecular flexibility index (Phi) is 4.27. The molecule has 10 nitrogen and oxygen atoms in total. The van der Waals surface area contributed by atoms with Gasteiger partial charge in [-0.3, -0.25) is 0 Å². The van der Waals surface area contributed by atoms with E-state index < -0.39 is 22.0 Å². The van der Waals surface area contributed by atoms with E-state index in [0.717, 1.165) is 6.07 Å². The molecular formula is C16H18N4O6S. The van der Waals surface area contributed by atoms with Crippen molar-refractivity contribution in [3.05, 3.63) is 29.8 Å². The Morgan fingerprint density at radius 3 is 2.78 bits per heavy atom. The van der Waals surface area contributed by atoms with Gasteiger partial charge in [0.05, 0.1) is 10.9 Å². The third-order valence-electron chi connectivity index (χ3n) is 4.70. The van der Waals surface area contributed by atoms with E-state index in [1.54, 1.807) is 11.6 Å². The summed E-state index contributed by atoms with van der Waals surface area (Å²) in [6.07, 6.45) is 2.81. The average Bonchev–Trinajstić information content (AvgIpc) is 3.29. The molecule has 2 aliphatic heterocycles. The van der Waals surface area contributed by atoms with Crippen molar-refractivity contribution in [3.8, 4) is 11.5 Å². The van der Waals surface area contributed by atoms with Gasteiger partial charge in [-0.1, -0.05) is 0 Å². The lowest BCUT2D eigenvalue weighted by atomic mass is 10.2. The second kappa shape index (κ2) is 6.50. The summed E-state index contributed by atoms with van der Waals surface area (Å²) in [6, 6.07) is 1.99. The van der Waals surface area contributed by atoms with Gasteiger partial charge in [0.2, 0.25) is 10.0 Å². The van der Waals surface area contributed by atoms with Crippen LogP contribution in [0.5, 0.6) is 11.5 Å². The van der Waals surface area contributed by atoms with Gasteiger partial charge in [-0.15, -0.1) is 10.2 Å².